The summed E-state index contributed by atoms with van der Waals surface area (Å²) in [6.45, 7) is 1.82. The van der Waals surface area contributed by atoms with E-state index in [4.69, 9.17) is 5.11 Å². The Hall–Kier alpha value is -0.580. The van der Waals surface area contributed by atoms with Gasteiger partial charge in [-0.15, -0.1) is 0 Å². The first kappa shape index (κ1) is 17.5. The fraction of sp³-hybridized carbons (Fsp3) is 0.385. The molecule has 0 saturated heterocycles. The number of rotatable bonds is 6. The highest BCUT2D eigenvalue weighted by molar-refractivity contribution is 14.1. The average molecular weight is 503 g/mol. The Kier molecular flexibility index (Phi) is 7.00. The number of amides is 1. The van der Waals surface area contributed by atoms with Crippen molar-refractivity contribution in [3.05, 3.63) is 24.8 Å². The molecular weight excluding hydrogens is 488 g/mol. The van der Waals surface area contributed by atoms with Crippen LogP contribution in [0.25, 0.3) is 0 Å². The number of benzene rings is 1. The normalized spacial score (nSPS) is 11.9. The van der Waals surface area contributed by atoms with Gasteiger partial charge < -0.3 is 15.5 Å². The van der Waals surface area contributed by atoms with Gasteiger partial charge in [-0.25, -0.2) is 0 Å². The first-order valence-corrected chi connectivity index (χ1v) is 8.17. The van der Waals surface area contributed by atoms with Crippen LogP contribution in [0.2, 0.25) is 0 Å². The molecule has 3 N–H and O–H groups in total. The van der Waals surface area contributed by atoms with Crippen LogP contribution >= 0.6 is 45.2 Å². The van der Waals surface area contributed by atoms with Gasteiger partial charge >= 0.3 is 5.97 Å². The summed E-state index contributed by atoms with van der Waals surface area (Å²) in [5, 5.41) is 21.2. The number of aliphatic carboxylic acids is 1. The van der Waals surface area contributed by atoms with Gasteiger partial charge in [-0.1, -0.05) is 0 Å². The van der Waals surface area contributed by atoms with E-state index in [-0.39, 0.29) is 29.7 Å². The quantitative estimate of drug-likeness (QED) is 0.522. The summed E-state index contributed by atoms with van der Waals surface area (Å²) in [6.07, 6.45) is 1.18. The molecule has 110 valence electrons. The number of phenolic OH excluding ortho intramolecular Hbond substituents is 1. The number of carbonyl (C=O) groups excluding carboxylic acids is 1. The van der Waals surface area contributed by atoms with E-state index in [2.05, 4.69) is 27.9 Å². The number of carboxylic acids is 1. The van der Waals surface area contributed by atoms with E-state index in [0.717, 1.165) is 3.57 Å². The molecule has 20 heavy (non-hydrogen) atoms. The van der Waals surface area contributed by atoms with Crippen LogP contribution in [0.15, 0.2) is 12.1 Å². The third kappa shape index (κ3) is 5.43. The summed E-state index contributed by atoms with van der Waals surface area (Å²) >= 11 is 4.06. The topological polar surface area (TPSA) is 86.6 Å². The van der Waals surface area contributed by atoms with Crippen molar-refractivity contribution in [1.29, 1.82) is 0 Å². The van der Waals surface area contributed by atoms with E-state index in [9.17, 15) is 14.7 Å². The van der Waals surface area contributed by atoms with Crippen LogP contribution in [-0.4, -0.2) is 28.1 Å². The van der Waals surface area contributed by atoms with Gasteiger partial charge in [-0.2, -0.15) is 0 Å². The molecule has 1 aromatic rings. The van der Waals surface area contributed by atoms with Crippen LogP contribution in [0, 0.1) is 7.14 Å². The Bertz CT molecular complexity index is 519. The number of hydrogen-bond donors (Lipinski definition) is 3. The van der Waals surface area contributed by atoms with Gasteiger partial charge in [0, 0.05) is 16.0 Å². The lowest BCUT2D eigenvalue weighted by atomic mass is 10.1. The molecule has 1 aromatic carbocycles. The van der Waals surface area contributed by atoms with Crippen LogP contribution in [0.5, 0.6) is 5.75 Å². The molecule has 5 nitrogen and oxygen atoms in total. The highest BCUT2D eigenvalue weighted by Crippen LogP contribution is 2.27. The molecule has 7 heteroatoms. The summed E-state index contributed by atoms with van der Waals surface area (Å²) in [5.41, 5.74) is 0.242. The van der Waals surface area contributed by atoms with Gasteiger partial charge in [0.25, 0.3) is 5.91 Å². The average Bonchev–Trinajstić information content (AvgIpc) is 2.32. The molecular formula is C13H15I2NO4. The molecule has 0 radical (unpaired) electrons. The number of phenols is 1. The summed E-state index contributed by atoms with van der Waals surface area (Å²) < 4.78 is 1.49. The van der Waals surface area contributed by atoms with E-state index in [1.807, 2.05) is 29.5 Å². The maximum Gasteiger partial charge on any atom is 0.303 e. The number of halogens is 2. The molecule has 1 unspecified atom stereocenters. The molecule has 0 spiro atoms. The van der Waals surface area contributed by atoms with Crippen molar-refractivity contribution in [3.63, 3.8) is 0 Å². The lowest BCUT2D eigenvalue weighted by molar-refractivity contribution is -0.137. The van der Waals surface area contributed by atoms with Crippen molar-refractivity contribution in [2.45, 2.75) is 32.2 Å². The lowest BCUT2D eigenvalue weighted by Gasteiger charge is -2.14. The van der Waals surface area contributed by atoms with Crippen LogP contribution in [0.4, 0.5) is 0 Å². The molecule has 0 bridgehead atoms. The fourth-order valence-electron chi connectivity index (χ4n) is 1.67. The summed E-state index contributed by atoms with van der Waals surface area (Å²) in [7, 11) is 0. The van der Waals surface area contributed by atoms with Gasteiger partial charge in [0.2, 0.25) is 0 Å². The largest absolute Gasteiger partial charge is 0.506 e. The second-order valence-corrected chi connectivity index (χ2v) is 6.85. The number of aromatic hydroxyl groups is 1. The van der Waals surface area contributed by atoms with Gasteiger partial charge in [0.05, 0.1) is 9.13 Å². The third-order valence-electron chi connectivity index (χ3n) is 2.68. The molecule has 0 aliphatic rings. The van der Waals surface area contributed by atoms with E-state index in [1.54, 1.807) is 12.1 Å². The molecule has 1 amide bonds. The monoisotopic (exact) mass is 503 g/mol. The Labute approximate surface area is 144 Å². The minimum absolute atomic E-state index is 0.0266. The standard InChI is InChI=1S/C13H15I2NO4/c1-7(3-2-4-11(17)18)16-13(20)9-5-8(14)6-10(15)12(9)19/h5-7,19H,2-4H2,1H3,(H,16,20)(H,17,18). The smallest absolute Gasteiger partial charge is 0.303 e. The van der Waals surface area contributed by atoms with Crippen molar-refractivity contribution >= 4 is 57.1 Å². The second-order valence-electron chi connectivity index (χ2n) is 4.44. The highest BCUT2D eigenvalue weighted by atomic mass is 127. The number of hydrogen-bond acceptors (Lipinski definition) is 3. The van der Waals surface area contributed by atoms with Gasteiger partial charge in [0.1, 0.15) is 5.75 Å². The summed E-state index contributed by atoms with van der Waals surface area (Å²) in [4.78, 5) is 22.5. The zero-order valence-corrected chi connectivity index (χ0v) is 15.1. The van der Waals surface area contributed by atoms with Crippen LogP contribution in [0.3, 0.4) is 0 Å². The Morgan fingerprint density at radius 1 is 1.35 bits per heavy atom. The van der Waals surface area contributed by atoms with E-state index in [0.29, 0.717) is 16.4 Å². The van der Waals surface area contributed by atoms with Crippen LogP contribution in [-0.2, 0) is 4.79 Å². The maximum atomic E-state index is 12.1. The molecule has 0 aliphatic carbocycles. The minimum Gasteiger partial charge on any atom is -0.506 e. The molecule has 0 saturated carbocycles. The van der Waals surface area contributed by atoms with Crippen LogP contribution in [0.1, 0.15) is 36.5 Å². The first-order chi connectivity index (χ1) is 9.31. The van der Waals surface area contributed by atoms with Crippen molar-refractivity contribution < 1.29 is 19.8 Å². The highest BCUT2D eigenvalue weighted by Gasteiger charge is 2.16. The SMILES string of the molecule is CC(CCCC(=O)O)NC(=O)c1cc(I)cc(I)c1O. The zero-order chi connectivity index (χ0) is 15.3. The molecule has 0 aromatic heterocycles. The summed E-state index contributed by atoms with van der Waals surface area (Å²) in [6, 6.07) is 3.26. The summed E-state index contributed by atoms with van der Waals surface area (Å²) in [5.74, 6) is -1.21. The van der Waals surface area contributed by atoms with Crippen molar-refractivity contribution in [2.75, 3.05) is 0 Å². The minimum atomic E-state index is -0.840. The van der Waals surface area contributed by atoms with Crippen molar-refractivity contribution in [3.8, 4) is 5.75 Å². The van der Waals surface area contributed by atoms with E-state index in [1.165, 1.54) is 0 Å². The van der Waals surface area contributed by atoms with Crippen LogP contribution < -0.4 is 5.32 Å². The van der Waals surface area contributed by atoms with E-state index < -0.39 is 5.97 Å². The molecule has 1 rings (SSSR count). The lowest BCUT2D eigenvalue weighted by Crippen LogP contribution is -2.32. The van der Waals surface area contributed by atoms with Crippen molar-refractivity contribution in [2.24, 2.45) is 0 Å². The third-order valence-corrected chi connectivity index (χ3v) is 4.12. The maximum absolute atomic E-state index is 12.1. The fourth-order valence-corrected chi connectivity index (χ4v) is 3.52. The number of carboxylic acid groups (broad SMARTS) is 1. The number of nitrogens with one attached hydrogen (secondary N) is 1. The van der Waals surface area contributed by atoms with Gasteiger partial charge in [0.15, 0.2) is 0 Å². The number of carbonyl (C=O) groups is 2. The van der Waals surface area contributed by atoms with E-state index >= 15 is 0 Å². The molecule has 0 aliphatic heterocycles. The Morgan fingerprint density at radius 3 is 2.60 bits per heavy atom. The molecule has 0 fully saturated rings. The molecule has 0 heterocycles. The van der Waals surface area contributed by atoms with Gasteiger partial charge in [-0.05, 0) is 77.1 Å². The molecule has 1 atom stereocenters. The Balaban J connectivity index is 2.65. The van der Waals surface area contributed by atoms with Gasteiger partial charge in [-0.3, -0.25) is 9.59 Å². The zero-order valence-electron chi connectivity index (χ0n) is 10.8. The first-order valence-electron chi connectivity index (χ1n) is 6.02. The second kappa shape index (κ2) is 8.01. The Morgan fingerprint density at radius 2 is 2.00 bits per heavy atom. The predicted molar refractivity (Wildman–Crippen MR) is 92.0 cm³/mol. The van der Waals surface area contributed by atoms with Crippen molar-refractivity contribution in [1.82, 2.24) is 5.32 Å². The predicted octanol–water partition coefficient (Wildman–Crippen LogP) is 2.97.